The van der Waals surface area contributed by atoms with Crippen LogP contribution in [0.1, 0.15) is 60.0 Å². The Morgan fingerprint density at radius 2 is 1.66 bits per heavy atom. The lowest BCUT2D eigenvalue weighted by atomic mass is 9.95. The first-order valence-corrected chi connectivity index (χ1v) is 16.3. The Balaban J connectivity index is 1.53. The highest BCUT2D eigenvalue weighted by atomic mass is 32.2. The molecular formula is C34H35N3O5S2. The van der Waals surface area contributed by atoms with Crippen molar-refractivity contribution in [1.29, 1.82) is 0 Å². The van der Waals surface area contributed by atoms with E-state index in [4.69, 9.17) is 9.47 Å². The van der Waals surface area contributed by atoms with Gasteiger partial charge in [0.1, 0.15) is 5.76 Å². The van der Waals surface area contributed by atoms with E-state index in [9.17, 15) is 14.7 Å². The van der Waals surface area contributed by atoms with Crippen molar-refractivity contribution in [2.24, 2.45) is 0 Å². The minimum absolute atomic E-state index is 0.0263. The second-order valence-corrected chi connectivity index (χ2v) is 12.8. The number of aromatic nitrogens is 2. The third-order valence-corrected chi connectivity index (χ3v) is 9.49. The summed E-state index contributed by atoms with van der Waals surface area (Å²) in [5, 5.41) is 20.4. The molecule has 8 nitrogen and oxygen atoms in total. The first-order valence-electron chi connectivity index (χ1n) is 14.5. The molecule has 1 unspecified atom stereocenters. The van der Waals surface area contributed by atoms with Crippen LogP contribution in [-0.2, 0) is 15.3 Å². The number of nitrogens with zero attached hydrogens (tertiary/aromatic N) is 3. The topological polar surface area (TPSA) is 102 Å². The van der Waals surface area contributed by atoms with Gasteiger partial charge < -0.3 is 14.6 Å². The Bertz CT molecular complexity index is 1670. The second kappa shape index (κ2) is 14.1. The van der Waals surface area contributed by atoms with Gasteiger partial charge in [-0.3, -0.25) is 14.5 Å². The van der Waals surface area contributed by atoms with Gasteiger partial charge >= 0.3 is 5.91 Å². The van der Waals surface area contributed by atoms with Gasteiger partial charge in [0.2, 0.25) is 5.13 Å². The van der Waals surface area contributed by atoms with Crippen molar-refractivity contribution in [1.82, 2.24) is 10.2 Å². The Morgan fingerprint density at radius 3 is 2.34 bits per heavy atom. The van der Waals surface area contributed by atoms with E-state index in [-0.39, 0.29) is 16.5 Å². The van der Waals surface area contributed by atoms with Crippen LogP contribution in [0.15, 0.2) is 76.6 Å². The number of thioether (sulfide) groups is 1. The number of aliphatic hydroxyl groups excluding tert-OH is 1. The standard InChI is InChI=1S/C34H35N3O5S2/c1-5-6-7-18-42-26-17-16-25(19-27(26)41-4)29-28(30(38)24-14-10-22(3)11-15-24)31(39)32(40)37(29)33-35-36-34(44-33)43-20-23-12-8-21(2)9-13-23/h8-17,19,29,38H,5-7,18,20H2,1-4H3/b30-28-. The highest BCUT2D eigenvalue weighted by molar-refractivity contribution is 8.00. The van der Waals surface area contributed by atoms with Gasteiger partial charge in [0.15, 0.2) is 15.8 Å². The number of aliphatic hydroxyl groups is 1. The molecule has 2 heterocycles. The van der Waals surface area contributed by atoms with E-state index in [0.29, 0.717) is 39.3 Å². The zero-order valence-electron chi connectivity index (χ0n) is 25.2. The van der Waals surface area contributed by atoms with Gasteiger partial charge in [-0.25, -0.2) is 0 Å². The molecule has 1 aliphatic heterocycles. The fourth-order valence-corrected chi connectivity index (χ4v) is 6.73. The molecule has 0 aliphatic carbocycles. The number of amides is 1. The molecule has 1 aliphatic rings. The molecule has 44 heavy (non-hydrogen) atoms. The molecule has 5 rings (SSSR count). The van der Waals surface area contributed by atoms with Crippen LogP contribution in [-0.4, -0.2) is 40.7 Å². The number of ether oxygens (including phenoxy) is 2. The third-order valence-electron chi connectivity index (χ3n) is 7.36. The number of benzene rings is 3. The van der Waals surface area contributed by atoms with Crippen molar-refractivity contribution in [3.05, 3.63) is 100 Å². The molecule has 0 spiro atoms. The molecule has 1 N–H and O–H groups in total. The van der Waals surface area contributed by atoms with Gasteiger partial charge in [-0.05, 0) is 43.5 Å². The summed E-state index contributed by atoms with van der Waals surface area (Å²) in [6.07, 6.45) is 3.05. The Morgan fingerprint density at radius 1 is 0.955 bits per heavy atom. The molecule has 0 radical (unpaired) electrons. The van der Waals surface area contributed by atoms with Crippen molar-refractivity contribution in [3.63, 3.8) is 0 Å². The van der Waals surface area contributed by atoms with Crippen LogP contribution in [0, 0.1) is 13.8 Å². The van der Waals surface area contributed by atoms with Gasteiger partial charge in [0, 0.05) is 11.3 Å². The average Bonchev–Trinajstić information content (AvgIpc) is 3.60. The van der Waals surface area contributed by atoms with Crippen molar-refractivity contribution < 1.29 is 24.2 Å². The van der Waals surface area contributed by atoms with Gasteiger partial charge in [-0.1, -0.05) is 109 Å². The lowest BCUT2D eigenvalue weighted by Gasteiger charge is -2.23. The average molecular weight is 630 g/mol. The summed E-state index contributed by atoms with van der Waals surface area (Å²) in [4.78, 5) is 28.6. The van der Waals surface area contributed by atoms with E-state index in [0.717, 1.165) is 30.4 Å². The van der Waals surface area contributed by atoms with Gasteiger partial charge in [0.05, 0.1) is 25.3 Å². The molecule has 1 atom stereocenters. The summed E-state index contributed by atoms with van der Waals surface area (Å²) >= 11 is 2.74. The fraction of sp³-hybridized carbons (Fsp3) is 0.294. The van der Waals surface area contributed by atoms with Crippen molar-refractivity contribution in [2.45, 2.75) is 56.2 Å². The number of anilines is 1. The van der Waals surface area contributed by atoms with Crippen LogP contribution in [0.3, 0.4) is 0 Å². The number of unbranched alkanes of at least 4 members (excludes halogenated alkanes) is 2. The largest absolute Gasteiger partial charge is 0.507 e. The summed E-state index contributed by atoms with van der Waals surface area (Å²) < 4.78 is 12.3. The summed E-state index contributed by atoms with van der Waals surface area (Å²) in [6, 6.07) is 19.8. The lowest BCUT2D eigenvalue weighted by Crippen LogP contribution is -2.29. The first kappa shape index (κ1) is 31.3. The number of hydrogen-bond acceptors (Lipinski definition) is 9. The van der Waals surface area contributed by atoms with Gasteiger partial charge in [-0.15, -0.1) is 10.2 Å². The van der Waals surface area contributed by atoms with Crippen LogP contribution in [0.5, 0.6) is 11.5 Å². The monoisotopic (exact) mass is 629 g/mol. The molecule has 0 bridgehead atoms. The maximum atomic E-state index is 13.6. The number of Topliss-reactive ketones (excluding diaryl/α,β-unsaturated/α-hetero) is 1. The van der Waals surface area contributed by atoms with Crippen LogP contribution in [0.2, 0.25) is 0 Å². The molecule has 4 aromatic rings. The Labute approximate surface area is 265 Å². The van der Waals surface area contributed by atoms with Gasteiger partial charge in [-0.2, -0.15) is 0 Å². The Kier molecular flexibility index (Phi) is 10.0. The number of rotatable bonds is 12. The molecule has 1 aromatic heterocycles. The van der Waals surface area contributed by atoms with E-state index >= 15 is 0 Å². The lowest BCUT2D eigenvalue weighted by molar-refractivity contribution is -0.132. The van der Waals surface area contributed by atoms with Crippen LogP contribution >= 0.6 is 23.1 Å². The van der Waals surface area contributed by atoms with E-state index in [1.54, 1.807) is 37.4 Å². The quantitative estimate of drug-likeness (QED) is 0.0426. The third kappa shape index (κ3) is 6.81. The van der Waals surface area contributed by atoms with E-state index in [1.165, 1.54) is 33.6 Å². The van der Waals surface area contributed by atoms with Crippen molar-refractivity contribution in [2.75, 3.05) is 18.6 Å². The smallest absolute Gasteiger partial charge is 0.301 e. The molecule has 3 aromatic carbocycles. The predicted molar refractivity (Wildman–Crippen MR) is 175 cm³/mol. The molecule has 10 heteroatoms. The summed E-state index contributed by atoms with van der Waals surface area (Å²) in [7, 11) is 1.55. The van der Waals surface area contributed by atoms with E-state index < -0.39 is 17.7 Å². The minimum atomic E-state index is -0.956. The minimum Gasteiger partial charge on any atom is -0.507 e. The number of aryl methyl sites for hydroxylation is 2. The van der Waals surface area contributed by atoms with E-state index in [2.05, 4.69) is 41.4 Å². The predicted octanol–water partition coefficient (Wildman–Crippen LogP) is 7.65. The van der Waals surface area contributed by atoms with Gasteiger partial charge in [0.25, 0.3) is 5.78 Å². The number of carbonyl (C=O) groups excluding carboxylic acids is 2. The van der Waals surface area contributed by atoms with Crippen molar-refractivity contribution in [3.8, 4) is 11.5 Å². The molecule has 228 valence electrons. The van der Waals surface area contributed by atoms with Crippen molar-refractivity contribution >= 4 is 45.7 Å². The maximum Gasteiger partial charge on any atom is 0.301 e. The highest BCUT2D eigenvalue weighted by Crippen LogP contribution is 2.45. The van der Waals surface area contributed by atoms with Crippen LogP contribution < -0.4 is 14.4 Å². The summed E-state index contributed by atoms with van der Waals surface area (Å²) in [5.41, 5.74) is 4.31. The zero-order chi connectivity index (χ0) is 31.2. The number of ketones is 1. The molecule has 0 saturated carbocycles. The first-order chi connectivity index (χ1) is 21.3. The van der Waals surface area contributed by atoms with Crippen LogP contribution in [0.25, 0.3) is 5.76 Å². The zero-order valence-corrected chi connectivity index (χ0v) is 26.8. The Hall–Kier alpha value is -4.15. The SMILES string of the molecule is CCCCCOc1ccc(C2/C(=C(/O)c3ccc(C)cc3)C(=O)C(=O)N2c2nnc(SCc3ccc(C)cc3)s2)cc1OC. The molecule has 1 amide bonds. The summed E-state index contributed by atoms with van der Waals surface area (Å²) in [5.74, 6) is -0.125. The normalized spacial score (nSPS) is 16.0. The molecular weight excluding hydrogens is 595 g/mol. The van der Waals surface area contributed by atoms with Crippen LogP contribution in [0.4, 0.5) is 5.13 Å². The number of methoxy groups -OCH3 is 1. The fourth-order valence-electron chi connectivity index (χ4n) is 4.91. The number of hydrogen-bond donors (Lipinski definition) is 1. The molecule has 1 saturated heterocycles. The molecule has 1 fully saturated rings. The second-order valence-electron chi connectivity index (χ2n) is 10.6. The maximum absolute atomic E-state index is 13.6. The summed E-state index contributed by atoms with van der Waals surface area (Å²) in [6.45, 7) is 6.65. The van der Waals surface area contributed by atoms with E-state index in [1.807, 2.05) is 26.0 Å². The number of carbonyl (C=O) groups is 2. The highest BCUT2D eigenvalue weighted by Gasteiger charge is 2.48.